The Hall–Kier alpha value is -0.650. The van der Waals surface area contributed by atoms with Crippen LogP contribution in [0.2, 0.25) is 0 Å². The zero-order chi connectivity index (χ0) is 15.0. The Morgan fingerprint density at radius 2 is 2.00 bits per heavy atom. The summed E-state index contributed by atoms with van der Waals surface area (Å²) in [6.45, 7) is 9.56. The third-order valence-electron chi connectivity index (χ3n) is 3.21. The van der Waals surface area contributed by atoms with E-state index in [4.69, 9.17) is 14.2 Å². The summed E-state index contributed by atoms with van der Waals surface area (Å²) in [5.74, 6) is -0.0877. The lowest BCUT2D eigenvalue weighted by Gasteiger charge is -2.27. The van der Waals surface area contributed by atoms with E-state index in [2.05, 4.69) is 4.90 Å². The van der Waals surface area contributed by atoms with Crippen molar-refractivity contribution in [3.8, 4) is 0 Å². The molecule has 1 rings (SSSR count). The smallest absolute Gasteiger partial charge is 0.323 e. The number of rotatable bonds is 8. The van der Waals surface area contributed by atoms with E-state index < -0.39 is 5.60 Å². The molecule has 0 spiro atoms. The third kappa shape index (κ3) is 6.68. The van der Waals surface area contributed by atoms with E-state index >= 15 is 0 Å². The van der Waals surface area contributed by atoms with Crippen LogP contribution in [0.1, 0.15) is 40.0 Å². The molecule has 1 heterocycles. The van der Waals surface area contributed by atoms with Crippen LogP contribution in [0.25, 0.3) is 0 Å². The van der Waals surface area contributed by atoms with E-state index in [9.17, 15) is 4.79 Å². The van der Waals surface area contributed by atoms with Gasteiger partial charge in [-0.25, -0.2) is 0 Å². The minimum absolute atomic E-state index is 0.0757. The molecule has 0 aromatic rings. The number of carbonyl (C=O) groups excluding carboxylic acids is 1. The highest BCUT2D eigenvalue weighted by Crippen LogP contribution is 2.21. The van der Waals surface area contributed by atoms with Crippen molar-refractivity contribution in [3.63, 3.8) is 0 Å². The average molecular weight is 287 g/mol. The second-order valence-corrected chi connectivity index (χ2v) is 6.19. The fourth-order valence-corrected chi connectivity index (χ4v) is 2.34. The maximum Gasteiger partial charge on any atom is 0.323 e. The SMILES string of the molecule is COCCOCCCN1CCCC1C(=O)OC(C)(C)C. The molecule has 1 aliphatic heterocycles. The summed E-state index contributed by atoms with van der Waals surface area (Å²) in [5.41, 5.74) is -0.408. The molecule has 1 unspecified atom stereocenters. The quantitative estimate of drug-likeness (QED) is 0.503. The van der Waals surface area contributed by atoms with Crippen molar-refractivity contribution in [2.75, 3.05) is 40.0 Å². The Kier molecular flexibility index (Phi) is 7.48. The fourth-order valence-electron chi connectivity index (χ4n) is 2.34. The number of nitrogens with zero attached hydrogens (tertiary/aromatic N) is 1. The first kappa shape index (κ1) is 17.4. The summed E-state index contributed by atoms with van der Waals surface area (Å²) < 4.78 is 15.8. The second-order valence-electron chi connectivity index (χ2n) is 6.19. The number of hydrogen-bond donors (Lipinski definition) is 0. The summed E-state index contributed by atoms with van der Waals surface area (Å²) >= 11 is 0. The lowest BCUT2D eigenvalue weighted by Crippen LogP contribution is -2.41. The molecule has 0 N–H and O–H groups in total. The molecule has 0 saturated carbocycles. The van der Waals surface area contributed by atoms with Crippen LogP contribution in [0.4, 0.5) is 0 Å². The van der Waals surface area contributed by atoms with Crippen molar-refractivity contribution in [3.05, 3.63) is 0 Å². The fraction of sp³-hybridized carbons (Fsp3) is 0.933. The summed E-state index contributed by atoms with van der Waals surface area (Å²) in [4.78, 5) is 14.3. The number of likely N-dealkylation sites (tertiary alicyclic amines) is 1. The second kappa shape index (κ2) is 8.60. The molecule has 1 aliphatic rings. The highest BCUT2D eigenvalue weighted by atomic mass is 16.6. The highest BCUT2D eigenvalue weighted by Gasteiger charge is 2.33. The summed E-state index contributed by atoms with van der Waals surface area (Å²) in [5, 5.41) is 0. The van der Waals surface area contributed by atoms with E-state index in [0.717, 1.165) is 32.4 Å². The van der Waals surface area contributed by atoms with Crippen LogP contribution < -0.4 is 0 Å². The molecule has 0 bridgehead atoms. The molecule has 1 fully saturated rings. The maximum atomic E-state index is 12.1. The Morgan fingerprint density at radius 1 is 1.25 bits per heavy atom. The molecular formula is C15H29NO4. The summed E-state index contributed by atoms with van der Waals surface area (Å²) in [6.07, 6.45) is 2.90. The molecule has 118 valence electrons. The van der Waals surface area contributed by atoms with Gasteiger partial charge in [0.2, 0.25) is 0 Å². The van der Waals surface area contributed by atoms with Gasteiger partial charge in [-0.2, -0.15) is 0 Å². The van der Waals surface area contributed by atoms with Gasteiger partial charge in [-0.05, 0) is 46.6 Å². The van der Waals surface area contributed by atoms with E-state index in [1.54, 1.807) is 7.11 Å². The van der Waals surface area contributed by atoms with Crippen LogP contribution in [0, 0.1) is 0 Å². The van der Waals surface area contributed by atoms with Gasteiger partial charge in [-0.3, -0.25) is 9.69 Å². The lowest BCUT2D eigenvalue weighted by atomic mass is 10.1. The third-order valence-corrected chi connectivity index (χ3v) is 3.21. The first-order chi connectivity index (χ1) is 9.44. The zero-order valence-electron chi connectivity index (χ0n) is 13.3. The number of carbonyl (C=O) groups is 1. The van der Waals surface area contributed by atoms with Gasteiger partial charge in [0.25, 0.3) is 0 Å². The molecule has 0 aromatic heterocycles. The predicted molar refractivity (Wildman–Crippen MR) is 77.8 cm³/mol. The van der Waals surface area contributed by atoms with Crippen molar-refractivity contribution in [2.45, 2.75) is 51.7 Å². The molecule has 5 heteroatoms. The van der Waals surface area contributed by atoms with Crippen molar-refractivity contribution in [2.24, 2.45) is 0 Å². The lowest BCUT2D eigenvalue weighted by molar-refractivity contribution is -0.160. The predicted octanol–water partition coefficient (Wildman–Crippen LogP) is 1.85. The van der Waals surface area contributed by atoms with E-state index in [1.165, 1.54) is 0 Å². The first-order valence-corrected chi connectivity index (χ1v) is 7.47. The van der Waals surface area contributed by atoms with Crippen LogP contribution in [-0.4, -0.2) is 62.5 Å². The zero-order valence-corrected chi connectivity index (χ0v) is 13.3. The van der Waals surface area contributed by atoms with Gasteiger partial charge >= 0.3 is 5.97 Å². The normalized spacial score (nSPS) is 20.3. The van der Waals surface area contributed by atoms with Gasteiger partial charge in [0.05, 0.1) is 13.2 Å². The van der Waals surface area contributed by atoms with Crippen LogP contribution in [0.5, 0.6) is 0 Å². The van der Waals surface area contributed by atoms with Gasteiger partial charge in [-0.15, -0.1) is 0 Å². The van der Waals surface area contributed by atoms with Gasteiger partial charge in [0, 0.05) is 20.3 Å². The van der Waals surface area contributed by atoms with Gasteiger partial charge in [-0.1, -0.05) is 0 Å². The summed E-state index contributed by atoms with van der Waals surface area (Å²) in [7, 11) is 1.67. The van der Waals surface area contributed by atoms with Crippen LogP contribution >= 0.6 is 0 Å². The molecule has 0 radical (unpaired) electrons. The standard InChI is InChI=1S/C15H29NO4/c1-15(2,3)20-14(17)13-7-5-8-16(13)9-6-10-19-12-11-18-4/h13H,5-12H2,1-4H3. The van der Waals surface area contributed by atoms with Gasteiger partial charge < -0.3 is 14.2 Å². The first-order valence-electron chi connectivity index (χ1n) is 7.47. The Labute approximate surface area is 122 Å². The van der Waals surface area contributed by atoms with Crippen LogP contribution in [-0.2, 0) is 19.0 Å². The molecule has 20 heavy (non-hydrogen) atoms. The number of hydrogen-bond acceptors (Lipinski definition) is 5. The minimum atomic E-state index is -0.408. The van der Waals surface area contributed by atoms with E-state index in [1.807, 2.05) is 20.8 Å². The minimum Gasteiger partial charge on any atom is -0.459 e. The Balaban J connectivity index is 2.25. The van der Waals surface area contributed by atoms with Crippen molar-refractivity contribution < 1.29 is 19.0 Å². The van der Waals surface area contributed by atoms with Crippen molar-refractivity contribution in [1.82, 2.24) is 4.90 Å². The molecule has 0 aliphatic carbocycles. The largest absolute Gasteiger partial charge is 0.459 e. The number of esters is 1. The molecule has 0 aromatic carbocycles. The van der Waals surface area contributed by atoms with Crippen LogP contribution in [0.15, 0.2) is 0 Å². The maximum absolute atomic E-state index is 12.1. The average Bonchev–Trinajstić information content (AvgIpc) is 2.80. The number of ether oxygens (including phenoxy) is 3. The monoisotopic (exact) mass is 287 g/mol. The molecule has 5 nitrogen and oxygen atoms in total. The Bertz CT molecular complexity index is 288. The van der Waals surface area contributed by atoms with Crippen molar-refractivity contribution >= 4 is 5.97 Å². The van der Waals surface area contributed by atoms with Gasteiger partial charge in [0.1, 0.15) is 11.6 Å². The molecule has 1 saturated heterocycles. The van der Waals surface area contributed by atoms with Crippen molar-refractivity contribution in [1.29, 1.82) is 0 Å². The topological polar surface area (TPSA) is 48.0 Å². The van der Waals surface area contributed by atoms with E-state index in [0.29, 0.717) is 19.8 Å². The van der Waals surface area contributed by atoms with E-state index in [-0.39, 0.29) is 12.0 Å². The highest BCUT2D eigenvalue weighted by molar-refractivity contribution is 5.76. The van der Waals surface area contributed by atoms with Gasteiger partial charge in [0.15, 0.2) is 0 Å². The Morgan fingerprint density at radius 3 is 2.65 bits per heavy atom. The number of methoxy groups -OCH3 is 1. The molecule has 0 amide bonds. The molecular weight excluding hydrogens is 258 g/mol. The summed E-state index contributed by atoms with van der Waals surface area (Å²) in [6, 6.07) is -0.0757. The molecule has 1 atom stereocenters. The van der Waals surface area contributed by atoms with Crippen LogP contribution in [0.3, 0.4) is 0 Å².